The summed E-state index contributed by atoms with van der Waals surface area (Å²) in [5.74, 6) is -1.36. The summed E-state index contributed by atoms with van der Waals surface area (Å²) in [5, 5.41) is 15.6. The molecule has 0 saturated heterocycles. The van der Waals surface area contributed by atoms with Gasteiger partial charge in [-0.25, -0.2) is 4.39 Å². The molecule has 1 amide bonds. The van der Waals surface area contributed by atoms with Crippen LogP contribution >= 0.6 is 11.5 Å². The van der Waals surface area contributed by atoms with Crippen molar-refractivity contribution < 1.29 is 14.3 Å². The highest BCUT2D eigenvalue weighted by Crippen LogP contribution is 2.27. The lowest BCUT2D eigenvalue weighted by molar-refractivity contribution is 0.102. The first-order valence-corrected chi connectivity index (χ1v) is 6.69. The molecule has 2 rings (SSSR count). The number of anilines is 1. The summed E-state index contributed by atoms with van der Waals surface area (Å²) in [4.78, 5) is 12.5. The Morgan fingerprint density at radius 2 is 2.10 bits per heavy atom. The van der Waals surface area contributed by atoms with Crippen molar-refractivity contribution >= 4 is 23.1 Å². The minimum atomic E-state index is -0.701. The van der Waals surface area contributed by atoms with Crippen LogP contribution in [-0.4, -0.2) is 20.6 Å². The highest BCUT2D eigenvalue weighted by Gasteiger charge is 2.26. The normalized spacial score (nSPS) is 11.4. The third kappa shape index (κ3) is 2.93. The molecular formula is C13H14FN3O2S. The first-order valence-electron chi connectivity index (χ1n) is 5.92. The molecule has 1 aromatic heterocycles. The van der Waals surface area contributed by atoms with E-state index in [2.05, 4.69) is 14.9 Å². The predicted molar refractivity (Wildman–Crippen MR) is 74.6 cm³/mol. The Labute approximate surface area is 119 Å². The Bertz CT molecular complexity index is 649. The molecule has 0 atom stereocenters. The summed E-state index contributed by atoms with van der Waals surface area (Å²) >= 11 is 0.968. The maximum absolute atomic E-state index is 13.6. The Morgan fingerprint density at radius 3 is 2.70 bits per heavy atom. The van der Waals surface area contributed by atoms with Crippen molar-refractivity contribution in [3.63, 3.8) is 0 Å². The quantitative estimate of drug-likeness (QED) is 0.835. The van der Waals surface area contributed by atoms with E-state index in [0.29, 0.717) is 10.6 Å². The molecule has 0 aliphatic heterocycles. The number of nitrogens with one attached hydrogen (secondary N) is 1. The van der Waals surface area contributed by atoms with Gasteiger partial charge in [0.15, 0.2) is 0 Å². The van der Waals surface area contributed by atoms with Gasteiger partial charge in [-0.3, -0.25) is 4.79 Å². The first kappa shape index (κ1) is 14.4. The fourth-order valence-corrected chi connectivity index (χ4v) is 2.39. The van der Waals surface area contributed by atoms with Crippen molar-refractivity contribution in [2.45, 2.75) is 26.2 Å². The SMILES string of the molecule is CC(C)(C)c1nnsc1C(=O)Nc1ccc(O)cc1F. The van der Waals surface area contributed by atoms with Gasteiger partial charge in [0.05, 0.1) is 11.4 Å². The van der Waals surface area contributed by atoms with Gasteiger partial charge in [0, 0.05) is 11.5 Å². The van der Waals surface area contributed by atoms with E-state index in [4.69, 9.17) is 5.11 Å². The summed E-state index contributed by atoms with van der Waals surface area (Å²) in [6.45, 7) is 5.75. The molecule has 0 bridgehead atoms. The molecule has 0 aliphatic rings. The number of hydrogen-bond donors (Lipinski definition) is 2. The lowest BCUT2D eigenvalue weighted by atomic mass is 9.91. The topological polar surface area (TPSA) is 75.1 Å². The van der Waals surface area contributed by atoms with Crippen molar-refractivity contribution in [2.24, 2.45) is 0 Å². The van der Waals surface area contributed by atoms with E-state index in [0.717, 1.165) is 17.6 Å². The van der Waals surface area contributed by atoms with Crippen LogP contribution in [0.3, 0.4) is 0 Å². The monoisotopic (exact) mass is 295 g/mol. The van der Waals surface area contributed by atoms with Gasteiger partial charge in [0.1, 0.15) is 16.4 Å². The van der Waals surface area contributed by atoms with Gasteiger partial charge < -0.3 is 10.4 Å². The summed E-state index contributed by atoms with van der Waals surface area (Å²) in [7, 11) is 0. The van der Waals surface area contributed by atoms with Crippen molar-refractivity contribution in [1.82, 2.24) is 9.59 Å². The van der Waals surface area contributed by atoms with E-state index in [9.17, 15) is 9.18 Å². The van der Waals surface area contributed by atoms with Gasteiger partial charge >= 0.3 is 0 Å². The van der Waals surface area contributed by atoms with Crippen LogP contribution in [0.25, 0.3) is 0 Å². The number of halogens is 1. The molecule has 0 unspecified atom stereocenters. The lowest BCUT2D eigenvalue weighted by Crippen LogP contribution is -2.20. The van der Waals surface area contributed by atoms with Crippen LogP contribution in [0.2, 0.25) is 0 Å². The first-order chi connectivity index (χ1) is 9.29. The maximum atomic E-state index is 13.6. The van der Waals surface area contributed by atoms with E-state index in [1.807, 2.05) is 20.8 Å². The molecule has 1 aromatic carbocycles. The van der Waals surface area contributed by atoms with Crippen LogP contribution in [0, 0.1) is 5.82 Å². The largest absolute Gasteiger partial charge is 0.508 e. The van der Waals surface area contributed by atoms with Crippen LogP contribution in [0.15, 0.2) is 18.2 Å². The molecule has 0 saturated carbocycles. The molecular weight excluding hydrogens is 281 g/mol. The zero-order valence-corrected chi connectivity index (χ0v) is 12.1. The molecule has 106 valence electrons. The second-order valence-corrected chi connectivity index (χ2v) is 6.07. The lowest BCUT2D eigenvalue weighted by Gasteiger charge is -2.16. The third-order valence-corrected chi connectivity index (χ3v) is 3.33. The molecule has 2 aromatic rings. The zero-order chi connectivity index (χ0) is 14.9. The van der Waals surface area contributed by atoms with E-state index >= 15 is 0 Å². The molecule has 2 N–H and O–H groups in total. The van der Waals surface area contributed by atoms with Crippen LogP contribution in [0.4, 0.5) is 10.1 Å². The maximum Gasteiger partial charge on any atom is 0.269 e. The number of aromatic nitrogens is 2. The Morgan fingerprint density at radius 1 is 1.40 bits per heavy atom. The van der Waals surface area contributed by atoms with Gasteiger partial charge in [-0.05, 0) is 23.7 Å². The number of rotatable bonds is 2. The molecule has 0 spiro atoms. The number of benzene rings is 1. The number of carbonyl (C=O) groups excluding carboxylic acids is 1. The number of hydrogen-bond acceptors (Lipinski definition) is 5. The van der Waals surface area contributed by atoms with Gasteiger partial charge in [0.25, 0.3) is 5.91 Å². The minimum Gasteiger partial charge on any atom is -0.508 e. The Balaban J connectivity index is 2.27. The fourth-order valence-electron chi connectivity index (χ4n) is 1.61. The summed E-state index contributed by atoms with van der Waals surface area (Å²) in [6, 6.07) is 3.54. The molecule has 0 fully saturated rings. The van der Waals surface area contributed by atoms with E-state index in [1.165, 1.54) is 12.1 Å². The smallest absolute Gasteiger partial charge is 0.269 e. The predicted octanol–water partition coefficient (Wildman–Crippen LogP) is 2.93. The molecule has 5 nitrogen and oxygen atoms in total. The molecule has 20 heavy (non-hydrogen) atoms. The Hall–Kier alpha value is -2.02. The number of carbonyl (C=O) groups is 1. The third-order valence-electron chi connectivity index (χ3n) is 2.61. The summed E-state index contributed by atoms with van der Waals surface area (Å²) in [6.07, 6.45) is 0. The number of nitrogens with zero attached hydrogens (tertiary/aromatic N) is 2. The van der Waals surface area contributed by atoms with Crippen molar-refractivity contribution in [1.29, 1.82) is 0 Å². The van der Waals surface area contributed by atoms with Gasteiger partial charge in [-0.15, -0.1) is 5.10 Å². The average molecular weight is 295 g/mol. The highest BCUT2D eigenvalue weighted by molar-refractivity contribution is 7.08. The fraction of sp³-hybridized carbons (Fsp3) is 0.308. The molecule has 1 heterocycles. The van der Waals surface area contributed by atoms with Crippen molar-refractivity contribution in [3.05, 3.63) is 34.6 Å². The number of aromatic hydroxyl groups is 1. The second kappa shape index (κ2) is 5.16. The van der Waals surface area contributed by atoms with E-state index in [-0.39, 0.29) is 16.9 Å². The van der Waals surface area contributed by atoms with Gasteiger partial charge in [-0.2, -0.15) is 0 Å². The van der Waals surface area contributed by atoms with Crippen LogP contribution in [-0.2, 0) is 5.41 Å². The van der Waals surface area contributed by atoms with Crippen LogP contribution in [0.1, 0.15) is 36.1 Å². The molecule has 0 radical (unpaired) electrons. The Kier molecular flexibility index (Phi) is 3.71. The van der Waals surface area contributed by atoms with Crippen molar-refractivity contribution in [2.75, 3.05) is 5.32 Å². The van der Waals surface area contributed by atoms with Crippen LogP contribution in [0.5, 0.6) is 5.75 Å². The number of phenols is 1. The average Bonchev–Trinajstić information content (AvgIpc) is 2.81. The van der Waals surface area contributed by atoms with Gasteiger partial charge in [0.2, 0.25) is 0 Å². The highest BCUT2D eigenvalue weighted by atomic mass is 32.1. The van der Waals surface area contributed by atoms with Crippen molar-refractivity contribution in [3.8, 4) is 5.75 Å². The van der Waals surface area contributed by atoms with E-state index < -0.39 is 11.7 Å². The summed E-state index contributed by atoms with van der Waals surface area (Å²) in [5.41, 5.74) is 0.243. The summed E-state index contributed by atoms with van der Waals surface area (Å²) < 4.78 is 17.4. The minimum absolute atomic E-state index is 0.000981. The van der Waals surface area contributed by atoms with Gasteiger partial charge in [-0.1, -0.05) is 25.3 Å². The number of amides is 1. The molecule has 0 aliphatic carbocycles. The standard InChI is InChI=1S/C13H14FN3O2S/c1-13(2,3)11-10(20-17-16-11)12(19)15-9-5-4-7(18)6-8(9)14/h4-6,18H,1-3H3,(H,15,19). The zero-order valence-electron chi connectivity index (χ0n) is 11.3. The number of phenolic OH excluding ortho intramolecular Hbond substituents is 1. The van der Waals surface area contributed by atoms with Crippen LogP contribution < -0.4 is 5.32 Å². The second-order valence-electron chi connectivity index (χ2n) is 5.32. The molecule has 7 heteroatoms. The van der Waals surface area contributed by atoms with E-state index in [1.54, 1.807) is 0 Å².